The number of hydrogen-bond acceptors (Lipinski definition) is 3. The van der Waals surface area contributed by atoms with Crippen LogP contribution < -0.4 is 5.32 Å². The highest BCUT2D eigenvalue weighted by Crippen LogP contribution is 2.44. The van der Waals surface area contributed by atoms with Crippen LogP contribution in [0, 0.1) is 5.82 Å². The van der Waals surface area contributed by atoms with Gasteiger partial charge in [0.15, 0.2) is 5.11 Å². The van der Waals surface area contributed by atoms with E-state index in [9.17, 15) is 4.39 Å². The Balaban J connectivity index is 1.55. The molecule has 3 aromatic rings. The molecule has 1 saturated carbocycles. The molecule has 5 rings (SSSR count). The van der Waals surface area contributed by atoms with Crippen LogP contribution in [0.1, 0.15) is 49.2 Å². The van der Waals surface area contributed by atoms with Gasteiger partial charge in [-0.1, -0.05) is 34.8 Å². The lowest BCUT2D eigenvalue weighted by Gasteiger charge is -2.31. The molecule has 154 valence electrons. The van der Waals surface area contributed by atoms with Crippen LogP contribution in [0.2, 0.25) is 0 Å². The van der Waals surface area contributed by atoms with E-state index in [2.05, 4.69) is 31.1 Å². The highest BCUT2D eigenvalue weighted by molar-refractivity contribution is 9.10. The van der Waals surface area contributed by atoms with E-state index < -0.39 is 0 Å². The summed E-state index contributed by atoms with van der Waals surface area (Å²) >= 11 is 9.05. The minimum absolute atomic E-state index is 0.118. The van der Waals surface area contributed by atoms with Crippen molar-refractivity contribution >= 4 is 33.3 Å². The summed E-state index contributed by atoms with van der Waals surface area (Å²) in [6.45, 7) is 0. The first-order chi connectivity index (χ1) is 14.6. The molecule has 30 heavy (non-hydrogen) atoms. The molecule has 2 fully saturated rings. The molecule has 0 unspecified atom stereocenters. The number of thiocarbonyl (C=S) groups is 1. The van der Waals surface area contributed by atoms with Crippen LogP contribution in [-0.2, 0) is 0 Å². The van der Waals surface area contributed by atoms with Crippen LogP contribution in [-0.4, -0.2) is 21.0 Å². The summed E-state index contributed by atoms with van der Waals surface area (Å²) in [4.78, 5) is 6.85. The zero-order chi connectivity index (χ0) is 20.7. The van der Waals surface area contributed by atoms with Gasteiger partial charge in [-0.2, -0.15) is 0 Å². The number of rotatable bonds is 4. The third-order valence-corrected chi connectivity index (χ3v) is 6.79. The third kappa shape index (κ3) is 3.54. The summed E-state index contributed by atoms with van der Waals surface area (Å²) in [6.07, 6.45) is 6.43. The van der Waals surface area contributed by atoms with Crippen molar-refractivity contribution in [2.45, 2.75) is 43.8 Å². The van der Waals surface area contributed by atoms with Crippen molar-refractivity contribution in [2.75, 3.05) is 0 Å². The van der Waals surface area contributed by atoms with Gasteiger partial charge in [-0.3, -0.25) is 4.98 Å². The fourth-order valence-electron chi connectivity index (χ4n) is 4.59. The second-order valence-corrected chi connectivity index (χ2v) is 9.10. The summed E-state index contributed by atoms with van der Waals surface area (Å²) < 4.78 is 21.4. The van der Waals surface area contributed by atoms with Crippen LogP contribution in [0.3, 0.4) is 0 Å². The van der Waals surface area contributed by atoms with Crippen LogP contribution in [0.15, 0.2) is 63.6 Å². The van der Waals surface area contributed by atoms with E-state index in [0.29, 0.717) is 21.8 Å². The number of aromatic nitrogens is 1. The predicted molar refractivity (Wildman–Crippen MR) is 121 cm³/mol. The molecule has 2 aromatic heterocycles. The number of benzene rings is 1. The van der Waals surface area contributed by atoms with Crippen molar-refractivity contribution in [1.82, 2.24) is 15.2 Å². The lowest BCUT2D eigenvalue weighted by molar-refractivity contribution is 0.218. The Kier molecular flexibility index (Phi) is 5.33. The Bertz CT molecular complexity index is 1070. The van der Waals surface area contributed by atoms with Crippen molar-refractivity contribution in [3.05, 3.63) is 76.5 Å². The normalized spacial score (nSPS) is 21.9. The summed E-state index contributed by atoms with van der Waals surface area (Å²) in [7, 11) is 0. The maximum atomic E-state index is 14.5. The lowest BCUT2D eigenvalue weighted by Crippen LogP contribution is -2.37. The molecule has 1 aliphatic heterocycles. The summed E-state index contributed by atoms with van der Waals surface area (Å²) in [6, 6.07) is 14.8. The Morgan fingerprint density at radius 2 is 1.97 bits per heavy atom. The number of furan rings is 1. The minimum Gasteiger partial charge on any atom is -0.459 e. The molecule has 1 N–H and O–H groups in total. The zero-order valence-corrected chi connectivity index (χ0v) is 18.6. The first-order valence-corrected chi connectivity index (χ1v) is 11.4. The van der Waals surface area contributed by atoms with Gasteiger partial charge < -0.3 is 14.6 Å². The molecule has 0 spiro atoms. The van der Waals surface area contributed by atoms with Gasteiger partial charge >= 0.3 is 0 Å². The molecule has 0 amide bonds. The van der Waals surface area contributed by atoms with Crippen LogP contribution >= 0.6 is 28.1 Å². The van der Waals surface area contributed by atoms with Crippen LogP contribution in [0.4, 0.5) is 4.39 Å². The fourth-order valence-corrected chi connectivity index (χ4v) is 5.31. The van der Waals surface area contributed by atoms with E-state index in [1.54, 1.807) is 12.3 Å². The Hall–Kier alpha value is -2.25. The van der Waals surface area contributed by atoms with Crippen LogP contribution in [0.5, 0.6) is 0 Å². The van der Waals surface area contributed by atoms with E-state index >= 15 is 0 Å². The molecule has 1 aromatic carbocycles. The smallest absolute Gasteiger partial charge is 0.170 e. The number of nitrogens with one attached hydrogen (secondary N) is 1. The van der Waals surface area contributed by atoms with Crippen molar-refractivity contribution in [1.29, 1.82) is 0 Å². The molecule has 0 radical (unpaired) electrons. The highest BCUT2D eigenvalue weighted by Gasteiger charge is 2.45. The van der Waals surface area contributed by atoms with Gasteiger partial charge in [0.1, 0.15) is 23.4 Å². The molecule has 1 saturated heterocycles. The average molecular weight is 486 g/mol. The molecule has 7 heteroatoms. The molecule has 4 nitrogen and oxygen atoms in total. The van der Waals surface area contributed by atoms with Gasteiger partial charge in [-0.05, 0) is 67.5 Å². The van der Waals surface area contributed by atoms with Gasteiger partial charge in [-0.25, -0.2) is 4.39 Å². The topological polar surface area (TPSA) is 41.3 Å². The predicted octanol–water partition coefficient (Wildman–Crippen LogP) is 6.16. The van der Waals surface area contributed by atoms with E-state index in [1.165, 1.54) is 18.9 Å². The Morgan fingerprint density at radius 3 is 2.70 bits per heavy atom. The zero-order valence-electron chi connectivity index (χ0n) is 16.2. The number of halogens is 2. The fraction of sp³-hybridized carbons (Fsp3) is 0.304. The summed E-state index contributed by atoms with van der Waals surface area (Å²) in [5.41, 5.74) is 1.36. The third-order valence-electron chi connectivity index (χ3n) is 5.97. The molecule has 2 aliphatic rings. The van der Waals surface area contributed by atoms with Crippen molar-refractivity contribution in [2.24, 2.45) is 0 Å². The number of nitrogens with zero attached hydrogens (tertiary/aromatic N) is 2. The van der Waals surface area contributed by atoms with Gasteiger partial charge in [0, 0.05) is 16.7 Å². The lowest BCUT2D eigenvalue weighted by atomic mass is 10.0. The summed E-state index contributed by atoms with van der Waals surface area (Å²) in [5, 5.41) is 4.20. The van der Waals surface area contributed by atoms with Crippen molar-refractivity contribution in [3.63, 3.8) is 0 Å². The standard InChI is InChI=1S/C23H21BrFN3OS/c24-14-8-9-16(17(25)13-14)19-10-11-20(29-19)22-21(18-7-3-4-12-26-18)27-23(30)28(22)15-5-1-2-6-15/h3-4,7-13,15,21-22H,1-2,5-6H2,(H,27,30)/t21-,22-/m1/s1. The van der Waals surface area contributed by atoms with Gasteiger partial charge in [0.25, 0.3) is 0 Å². The van der Waals surface area contributed by atoms with E-state index in [4.69, 9.17) is 16.6 Å². The highest BCUT2D eigenvalue weighted by atomic mass is 79.9. The van der Waals surface area contributed by atoms with Crippen molar-refractivity contribution < 1.29 is 8.81 Å². The molecular weight excluding hydrogens is 465 g/mol. The second-order valence-electron chi connectivity index (χ2n) is 7.80. The quantitative estimate of drug-likeness (QED) is 0.448. The van der Waals surface area contributed by atoms with Gasteiger partial charge in [0.2, 0.25) is 0 Å². The maximum absolute atomic E-state index is 14.5. The Labute approximate surface area is 188 Å². The molecule has 3 heterocycles. The number of pyridine rings is 1. The average Bonchev–Trinajstić information content (AvgIpc) is 3.48. The molecular formula is C23H21BrFN3OS. The summed E-state index contributed by atoms with van der Waals surface area (Å²) in [5.74, 6) is 0.959. The molecule has 0 bridgehead atoms. The van der Waals surface area contributed by atoms with Gasteiger partial charge in [0.05, 0.1) is 17.3 Å². The SMILES string of the molecule is Fc1cc(Br)ccc1-c1ccc([C@@H]2[C@@H](c3ccccn3)NC(=S)N2C2CCCC2)o1. The Morgan fingerprint density at radius 1 is 1.13 bits per heavy atom. The molecule has 2 atom stereocenters. The second kappa shape index (κ2) is 8.12. The largest absolute Gasteiger partial charge is 0.459 e. The van der Waals surface area contributed by atoms with Crippen molar-refractivity contribution in [3.8, 4) is 11.3 Å². The van der Waals surface area contributed by atoms with Gasteiger partial charge in [-0.15, -0.1) is 0 Å². The molecule has 1 aliphatic carbocycles. The first kappa shape index (κ1) is 19.7. The van der Waals surface area contributed by atoms with E-state index in [0.717, 1.165) is 29.4 Å². The van der Waals surface area contributed by atoms with E-state index in [1.807, 2.05) is 36.4 Å². The monoisotopic (exact) mass is 485 g/mol. The maximum Gasteiger partial charge on any atom is 0.170 e. The van der Waals surface area contributed by atoms with E-state index in [-0.39, 0.29) is 17.9 Å². The minimum atomic E-state index is -0.320. The first-order valence-electron chi connectivity index (χ1n) is 10.2. The van der Waals surface area contributed by atoms with Crippen LogP contribution in [0.25, 0.3) is 11.3 Å². The number of hydrogen-bond donors (Lipinski definition) is 1.